The molecule has 1 N–H and O–H groups in total. The van der Waals surface area contributed by atoms with E-state index in [4.69, 9.17) is 9.84 Å². The molecule has 3 unspecified atom stereocenters. The second-order valence-corrected chi connectivity index (χ2v) is 5.71. The van der Waals surface area contributed by atoms with Crippen LogP contribution >= 0.6 is 0 Å². The number of hydrogen-bond acceptors (Lipinski definition) is 3. The minimum atomic E-state index is -0.774. The summed E-state index contributed by atoms with van der Waals surface area (Å²) in [7, 11) is 4.10. The third-order valence-corrected chi connectivity index (χ3v) is 3.76. The molecule has 18 heavy (non-hydrogen) atoms. The Morgan fingerprint density at radius 1 is 1.33 bits per heavy atom. The fraction of sp³-hybridized carbons (Fsp3) is 0.786. The van der Waals surface area contributed by atoms with E-state index in [-0.39, 0.29) is 18.6 Å². The van der Waals surface area contributed by atoms with E-state index in [2.05, 4.69) is 31.1 Å². The summed E-state index contributed by atoms with van der Waals surface area (Å²) in [5.41, 5.74) is 0. The topological polar surface area (TPSA) is 49.8 Å². The van der Waals surface area contributed by atoms with Gasteiger partial charge >= 0.3 is 5.97 Å². The van der Waals surface area contributed by atoms with E-state index in [1.165, 1.54) is 12.8 Å². The Bertz CT molecular complexity index is 323. The number of aliphatic carboxylic acids is 1. The normalized spacial score (nSPS) is 33.2. The lowest BCUT2D eigenvalue weighted by Gasteiger charge is -2.37. The monoisotopic (exact) mass is 253 g/mol. The van der Waals surface area contributed by atoms with E-state index in [0.29, 0.717) is 6.04 Å². The molecular formula is C14H23NO3. The minimum absolute atomic E-state index is 0.0797. The van der Waals surface area contributed by atoms with Crippen LogP contribution in [0, 0.1) is 5.92 Å². The van der Waals surface area contributed by atoms with Crippen LogP contribution in [0.25, 0.3) is 0 Å². The molecule has 4 nitrogen and oxygen atoms in total. The van der Waals surface area contributed by atoms with Gasteiger partial charge in [-0.25, -0.2) is 0 Å². The summed E-state index contributed by atoms with van der Waals surface area (Å²) in [6.07, 6.45) is 8.77. The lowest BCUT2D eigenvalue weighted by Crippen LogP contribution is -2.42. The van der Waals surface area contributed by atoms with Crippen molar-refractivity contribution in [3.63, 3.8) is 0 Å². The van der Waals surface area contributed by atoms with Gasteiger partial charge in [0.15, 0.2) is 0 Å². The third-order valence-electron chi connectivity index (χ3n) is 3.76. The molecule has 1 aliphatic heterocycles. The quantitative estimate of drug-likeness (QED) is 0.760. The van der Waals surface area contributed by atoms with Gasteiger partial charge < -0.3 is 14.7 Å². The van der Waals surface area contributed by atoms with Crippen LogP contribution in [0.3, 0.4) is 0 Å². The Balaban J connectivity index is 1.93. The van der Waals surface area contributed by atoms with Gasteiger partial charge in [0, 0.05) is 6.04 Å². The lowest BCUT2D eigenvalue weighted by atomic mass is 9.95. The molecule has 2 aliphatic rings. The van der Waals surface area contributed by atoms with Gasteiger partial charge in [0.1, 0.15) is 0 Å². The van der Waals surface area contributed by atoms with Crippen LogP contribution in [-0.4, -0.2) is 48.3 Å². The van der Waals surface area contributed by atoms with Crippen LogP contribution in [0.15, 0.2) is 12.2 Å². The van der Waals surface area contributed by atoms with Crippen LogP contribution < -0.4 is 0 Å². The lowest BCUT2D eigenvalue weighted by molar-refractivity contribution is -0.143. The summed E-state index contributed by atoms with van der Waals surface area (Å²) in [5, 5.41) is 8.89. The summed E-state index contributed by atoms with van der Waals surface area (Å²) in [5.74, 6) is -0.0319. The molecule has 1 aliphatic carbocycles. The molecule has 0 aromatic heterocycles. The molecule has 0 bridgehead atoms. The molecule has 3 atom stereocenters. The Morgan fingerprint density at radius 3 is 2.61 bits per heavy atom. The van der Waals surface area contributed by atoms with Gasteiger partial charge in [0.05, 0.1) is 18.6 Å². The predicted molar refractivity (Wildman–Crippen MR) is 69.5 cm³/mol. The van der Waals surface area contributed by atoms with E-state index >= 15 is 0 Å². The molecule has 2 rings (SSSR count). The summed E-state index contributed by atoms with van der Waals surface area (Å²) in [6.45, 7) is 0. The van der Waals surface area contributed by atoms with Crippen molar-refractivity contribution >= 4 is 5.97 Å². The van der Waals surface area contributed by atoms with Gasteiger partial charge in [-0.1, -0.05) is 12.2 Å². The summed E-state index contributed by atoms with van der Waals surface area (Å²) in [4.78, 5) is 13.0. The first kappa shape index (κ1) is 13.6. The van der Waals surface area contributed by atoms with Crippen molar-refractivity contribution in [2.24, 2.45) is 5.92 Å². The molecule has 0 amide bonds. The first-order valence-electron chi connectivity index (χ1n) is 6.76. The van der Waals surface area contributed by atoms with Gasteiger partial charge in [-0.15, -0.1) is 0 Å². The van der Waals surface area contributed by atoms with Crippen LogP contribution in [0.1, 0.15) is 32.1 Å². The van der Waals surface area contributed by atoms with E-state index < -0.39 is 5.97 Å². The molecule has 0 radical (unpaired) electrons. The number of carboxylic acid groups (broad SMARTS) is 1. The molecule has 1 saturated heterocycles. The highest BCUT2D eigenvalue weighted by Gasteiger charge is 2.31. The second kappa shape index (κ2) is 5.85. The fourth-order valence-electron chi connectivity index (χ4n) is 2.47. The highest BCUT2D eigenvalue weighted by Crippen LogP contribution is 2.32. The highest BCUT2D eigenvalue weighted by atomic mass is 16.5. The first-order chi connectivity index (χ1) is 8.54. The maximum Gasteiger partial charge on any atom is 0.305 e. The van der Waals surface area contributed by atoms with E-state index in [1.807, 2.05) is 0 Å². The Hall–Kier alpha value is -0.870. The Morgan fingerprint density at radius 2 is 2.06 bits per heavy atom. The molecule has 0 aromatic carbocycles. The summed E-state index contributed by atoms with van der Waals surface area (Å²) < 4.78 is 5.86. The number of ether oxygens (including phenoxy) is 1. The van der Waals surface area contributed by atoms with E-state index in [1.54, 1.807) is 0 Å². The molecule has 1 saturated carbocycles. The third kappa shape index (κ3) is 4.10. The Kier molecular flexibility index (Phi) is 4.40. The van der Waals surface area contributed by atoms with Crippen molar-refractivity contribution in [1.82, 2.24) is 4.90 Å². The molecule has 102 valence electrons. The SMILES string of the molecule is CN(C)C1CC(/C=C/C2CC2)OC(CC(=O)O)C1. The van der Waals surface area contributed by atoms with Crippen molar-refractivity contribution in [2.45, 2.75) is 50.4 Å². The minimum Gasteiger partial charge on any atom is -0.481 e. The van der Waals surface area contributed by atoms with Crippen molar-refractivity contribution < 1.29 is 14.6 Å². The van der Waals surface area contributed by atoms with Crippen LogP contribution in [0.4, 0.5) is 0 Å². The number of allylic oxidation sites excluding steroid dienone is 1. The molecule has 0 spiro atoms. The van der Waals surface area contributed by atoms with Crippen molar-refractivity contribution in [3.05, 3.63) is 12.2 Å². The van der Waals surface area contributed by atoms with E-state index in [9.17, 15) is 4.79 Å². The van der Waals surface area contributed by atoms with Gasteiger partial charge in [-0.3, -0.25) is 4.79 Å². The molecular weight excluding hydrogens is 230 g/mol. The highest BCUT2D eigenvalue weighted by molar-refractivity contribution is 5.67. The van der Waals surface area contributed by atoms with Crippen LogP contribution in [0.2, 0.25) is 0 Å². The summed E-state index contributed by atoms with van der Waals surface area (Å²) >= 11 is 0. The maximum absolute atomic E-state index is 10.8. The fourth-order valence-corrected chi connectivity index (χ4v) is 2.47. The Labute approximate surface area is 109 Å². The number of carbonyl (C=O) groups is 1. The number of hydrogen-bond donors (Lipinski definition) is 1. The zero-order valence-corrected chi connectivity index (χ0v) is 11.2. The van der Waals surface area contributed by atoms with Crippen molar-refractivity contribution in [2.75, 3.05) is 14.1 Å². The molecule has 2 fully saturated rings. The van der Waals surface area contributed by atoms with Crippen LogP contribution in [0.5, 0.6) is 0 Å². The predicted octanol–water partition coefficient (Wildman–Crippen LogP) is 1.91. The zero-order valence-electron chi connectivity index (χ0n) is 11.2. The van der Waals surface area contributed by atoms with Gasteiger partial charge in [0.2, 0.25) is 0 Å². The van der Waals surface area contributed by atoms with Crippen molar-refractivity contribution in [1.29, 1.82) is 0 Å². The zero-order chi connectivity index (χ0) is 13.1. The summed E-state index contributed by atoms with van der Waals surface area (Å²) in [6, 6.07) is 0.414. The molecule has 1 heterocycles. The average Bonchev–Trinajstić information content (AvgIpc) is 3.08. The smallest absolute Gasteiger partial charge is 0.305 e. The van der Waals surface area contributed by atoms with E-state index in [0.717, 1.165) is 18.8 Å². The maximum atomic E-state index is 10.8. The second-order valence-electron chi connectivity index (χ2n) is 5.71. The first-order valence-corrected chi connectivity index (χ1v) is 6.76. The molecule has 4 heteroatoms. The number of rotatable bonds is 5. The molecule has 0 aromatic rings. The average molecular weight is 253 g/mol. The van der Waals surface area contributed by atoms with Gasteiger partial charge in [0.25, 0.3) is 0 Å². The number of carboxylic acids is 1. The standard InChI is InChI=1S/C14H23NO3/c1-15(2)11-7-12(6-5-10-3-4-10)18-13(8-11)9-14(16)17/h5-6,10-13H,3-4,7-9H2,1-2H3,(H,16,17)/b6-5+. The van der Waals surface area contributed by atoms with Gasteiger partial charge in [-0.2, -0.15) is 0 Å². The largest absolute Gasteiger partial charge is 0.481 e. The van der Waals surface area contributed by atoms with Gasteiger partial charge in [-0.05, 0) is 45.7 Å². The van der Waals surface area contributed by atoms with Crippen LogP contribution in [-0.2, 0) is 9.53 Å². The van der Waals surface area contributed by atoms with Crippen molar-refractivity contribution in [3.8, 4) is 0 Å². The number of nitrogens with zero attached hydrogens (tertiary/aromatic N) is 1.